The van der Waals surface area contributed by atoms with Crippen LogP contribution in [0.2, 0.25) is 0 Å². The number of nitrogens with zero attached hydrogens (tertiary/aromatic N) is 3. The molecule has 4 rings (SSSR count). The molecule has 3 aromatic carbocycles. The Morgan fingerprint density at radius 2 is 1.53 bits per heavy atom. The highest BCUT2D eigenvalue weighted by Crippen LogP contribution is 2.39. The molecule has 226 valence electrons. The van der Waals surface area contributed by atoms with Crippen LogP contribution in [-0.4, -0.2) is 52.2 Å². The molecule has 10 nitrogen and oxygen atoms in total. The zero-order valence-corrected chi connectivity index (χ0v) is 24.7. The number of anilines is 1. The normalized spacial score (nSPS) is 10.7. The fourth-order valence-corrected chi connectivity index (χ4v) is 4.79. The number of carbonyl (C=O) groups excluding carboxylic acids is 2. The van der Waals surface area contributed by atoms with Crippen molar-refractivity contribution in [2.45, 2.75) is 32.5 Å². The van der Waals surface area contributed by atoms with Crippen molar-refractivity contribution in [3.8, 4) is 22.9 Å². The molecule has 0 fully saturated rings. The van der Waals surface area contributed by atoms with Gasteiger partial charge in [-0.05, 0) is 69.3 Å². The summed E-state index contributed by atoms with van der Waals surface area (Å²) < 4.78 is 46.4. The van der Waals surface area contributed by atoms with Crippen LogP contribution >= 0.6 is 11.8 Å². The Kier molecular flexibility index (Phi) is 10.9. The van der Waals surface area contributed by atoms with E-state index >= 15 is 0 Å². The standard InChI is InChI=1S/C30H31F2N5O5S/c1-4-40-24-15-19(16-25(41-5-2)28(24)42-6-3)29(39)33-17-26-35-36-30(37(26)21-13-11-20(31)12-14-21)43-18-27(38)34-23-10-8-7-9-22(23)32/h7-16H,4-6,17-18H2,1-3H3,(H,33,39)(H,34,38). The van der Waals surface area contributed by atoms with Crippen molar-refractivity contribution in [2.75, 3.05) is 30.9 Å². The second kappa shape index (κ2) is 15.0. The van der Waals surface area contributed by atoms with Crippen LogP contribution in [0.4, 0.5) is 14.5 Å². The minimum absolute atomic E-state index is 0.0493. The van der Waals surface area contributed by atoms with Crippen LogP contribution in [0.3, 0.4) is 0 Å². The Labute approximate surface area is 251 Å². The van der Waals surface area contributed by atoms with Gasteiger partial charge in [0.15, 0.2) is 22.5 Å². The van der Waals surface area contributed by atoms with Crippen molar-refractivity contribution in [1.29, 1.82) is 0 Å². The molecule has 4 aromatic rings. The number of ether oxygens (including phenoxy) is 3. The number of halogens is 2. The van der Waals surface area contributed by atoms with Crippen LogP contribution in [0.25, 0.3) is 5.69 Å². The number of thioether (sulfide) groups is 1. The minimum Gasteiger partial charge on any atom is -0.490 e. The number of hydrogen-bond acceptors (Lipinski definition) is 8. The highest BCUT2D eigenvalue weighted by atomic mass is 32.2. The van der Waals surface area contributed by atoms with Crippen LogP contribution in [0, 0.1) is 11.6 Å². The number of nitrogens with one attached hydrogen (secondary N) is 2. The quantitative estimate of drug-likeness (QED) is 0.182. The van der Waals surface area contributed by atoms with Crippen molar-refractivity contribution in [3.05, 3.63) is 83.7 Å². The number of carbonyl (C=O) groups is 2. The van der Waals surface area contributed by atoms with Gasteiger partial charge >= 0.3 is 0 Å². The molecular weight excluding hydrogens is 580 g/mol. The maximum absolute atomic E-state index is 13.9. The van der Waals surface area contributed by atoms with E-state index in [1.165, 1.54) is 42.5 Å². The summed E-state index contributed by atoms with van der Waals surface area (Å²) in [6.07, 6.45) is 0. The maximum atomic E-state index is 13.9. The van der Waals surface area contributed by atoms with Crippen LogP contribution in [0.1, 0.15) is 37.0 Å². The molecule has 0 spiro atoms. The van der Waals surface area contributed by atoms with Gasteiger partial charge in [-0.3, -0.25) is 14.2 Å². The first-order valence-corrected chi connectivity index (χ1v) is 14.5. The Hall–Kier alpha value is -4.65. The number of benzene rings is 3. The van der Waals surface area contributed by atoms with Crippen molar-refractivity contribution in [3.63, 3.8) is 0 Å². The van der Waals surface area contributed by atoms with Crippen LogP contribution in [0.5, 0.6) is 17.2 Å². The number of hydrogen-bond donors (Lipinski definition) is 2. The summed E-state index contributed by atoms with van der Waals surface area (Å²) in [5.41, 5.74) is 0.861. The molecular formula is C30H31F2N5O5S. The van der Waals surface area contributed by atoms with Gasteiger partial charge in [-0.1, -0.05) is 23.9 Å². The van der Waals surface area contributed by atoms with Gasteiger partial charge in [-0.15, -0.1) is 10.2 Å². The summed E-state index contributed by atoms with van der Waals surface area (Å²) in [5.74, 6) is -0.478. The zero-order chi connectivity index (χ0) is 30.8. The van der Waals surface area contributed by atoms with Crippen molar-refractivity contribution in [2.24, 2.45) is 0 Å². The summed E-state index contributed by atoms with van der Waals surface area (Å²) in [7, 11) is 0. The average Bonchev–Trinajstić information content (AvgIpc) is 3.41. The first kappa shape index (κ1) is 31.3. The maximum Gasteiger partial charge on any atom is 0.251 e. The van der Waals surface area contributed by atoms with E-state index in [1.807, 2.05) is 20.8 Å². The van der Waals surface area contributed by atoms with E-state index in [4.69, 9.17) is 14.2 Å². The highest BCUT2D eigenvalue weighted by Gasteiger charge is 2.21. The lowest BCUT2D eigenvalue weighted by atomic mass is 10.1. The number of para-hydroxylation sites is 1. The third-order valence-corrected chi connectivity index (χ3v) is 6.77. The van der Waals surface area contributed by atoms with Crippen LogP contribution in [-0.2, 0) is 11.3 Å². The molecule has 1 aromatic heterocycles. The van der Waals surface area contributed by atoms with E-state index in [-0.39, 0.29) is 23.5 Å². The molecule has 0 bridgehead atoms. The molecule has 0 unspecified atom stereocenters. The molecule has 0 aliphatic heterocycles. The average molecular weight is 612 g/mol. The van der Waals surface area contributed by atoms with Gasteiger partial charge in [0.2, 0.25) is 11.7 Å². The topological polar surface area (TPSA) is 117 Å². The van der Waals surface area contributed by atoms with Crippen LogP contribution in [0.15, 0.2) is 65.8 Å². The molecule has 2 N–H and O–H groups in total. The van der Waals surface area contributed by atoms with Gasteiger partial charge in [0.1, 0.15) is 11.6 Å². The van der Waals surface area contributed by atoms with Gasteiger partial charge in [-0.2, -0.15) is 0 Å². The fraction of sp³-hybridized carbons (Fsp3) is 0.267. The van der Waals surface area contributed by atoms with Gasteiger partial charge in [0, 0.05) is 11.3 Å². The van der Waals surface area contributed by atoms with E-state index in [0.717, 1.165) is 11.8 Å². The van der Waals surface area contributed by atoms with E-state index < -0.39 is 23.4 Å². The molecule has 0 atom stereocenters. The number of amides is 2. The molecule has 0 saturated heterocycles. The monoisotopic (exact) mass is 611 g/mol. The number of rotatable bonds is 14. The summed E-state index contributed by atoms with van der Waals surface area (Å²) in [6, 6.07) is 14.6. The lowest BCUT2D eigenvalue weighted by Gasteiger charge is -2.17. The Morgan fingerprint density at radius 3 is 2.16 bits per heavy atom. The van der Waals surface area contributed by atoms with E-state index in [1.54, 1.807) is 22.8 Å². The van der Waals surface area contributed by atoms with Gasteiger partial charge in [-0.25, -0.2) is 8.78 Å². The molecule has 0 saturated carbocycles. The molecule has 0 aliphatic carbocycles. The fourth-order valence-electron chi connectivity index (χ4n) is 4.02. The minimum atomic E-state index is -0.553. The van der Waals surface area contributed by atoms with E-state index in [0.29, 0.717) is 53.7 Å². The second-order valence-corrected chi connectivity index (χ2v) is 9.75. The molecule has 0 radical (unpaired) electrons. The summed E-state index contributed by atoms with van der Waals surface area (Å²) >= 11 is 1.05. The molecule has 0 aliphatic rings. The molecule has 43 heavy (non-hydrogen) atoms. The number of aromatic nitrogens is 3. The summed E-state index contributed by atoms with van der Waals surface area (Å²) in [6.45, 7) is 6.54. The van der Waals surface area contributed by atoms with Gasteiger partial charge in [0.05, 0.1) is 37.8 Å². The van der Waals surface area contributed by atoms with Gasteiger partial charge < -0.3 is 24.8 Å². The summed E-state index contributed by atoms with van der Waals surface area (Å²) in [5, 5.41) is 14.1. The zero-order valence-electron chi connectivity index (χ0n) is 23.9. The Balaban J connectivity index is 1.55. The molecule has 13 heteroatoms. The smallest absolute Gasteiger partial charge is 0.251 e. The molecule has 2 amide bonds. The third-order valence-electron chi connectivity index (χ3n) is 5.84. The Bertz CT molecular complexity index is 1540. The molecule has 1 heterocycles. The highest BCUT2D eigenvalue weighted by molar-refractivity contribution is 7.99. The first-order chi connectivity index (χ1) is 20.8. The lowest BCUT2D eigenvalue weighted by molar-refractivity contribution is -0.113. The summed E-state index contributed by atoms with van der Waals surface area (Å²) in [4.78, 5) is 25.8. The van der Waals surface area contributed by atoms with E-state index in [9.17, 15) is 18.4 Å². The first-order valence-electron chi connectivity index (χ1n) is 13.6. The van der Waals surface area contributed by atoms with E-state index in [2.05, 4.69) is 20.8 Å². The van der Waals surface area contributed by atoms with Crippen molar-refractivity contribution >= 4 is 29.3 Å². The van der Waals surface area contributed by atoms with Crippen molar-refractivity contribution < 1.29 is 32.6 Å². The lowest BCUT2D eigenvalue weighted by Crippen LogP contribution is -2.25. The largest absolute Gasteiger partial charge is 0.490 e. The second-order valence-electron chi connectivity index (χ2n) is 8.81. The Morgan fingerprint density at radius 1 is 0.884 bits per heavy atom. The van der Waals surface area contributed by atoms with Crippen LogP contribution < -0.4 is 24.8 Å². The SMILES string of the molecule is CCOc1cc(C(=O)NCc2nnc(SCC(=O)Nc3ccccc3F)n2-c2ccc(F)cc2)cc(OCC)c1OCC. The third kappa shape index (κ3) is 8.01. The predicted octanol–water partition coefficient (Wildman–Crippen LogP) is 5.40. The predicted molar refractivity (Wildman–Crippen MR) is 158 cm³/mol. The van der Waals surface area contributed by atoms with Crippen molar-refractivity contribution in [1.82, 2.24) is 20.1 Å². The van der Waals surface area contributed by atoms with Gasteiger partial charge in [0.25, 0.3) is 5.91 Å².